The number of likely N-dealkylation sites (tertiary alicyclic amines) is 1. The summed E-state index contributed by atoms with van der Waals surface area (Å²) in [4.78, 5) is 27.0. The third kappa shape index (κ3) is 4.58. The van der Waals surface area contributed by atoms with E-state index in [9.17, 15) is 9.59 Å². The van der Waals surface area contributed by atoms with Gasteiger partial charge in [-0.15, -0.1) is 12.4 Å². The van der Waals surface area contributed by atoms with E-state index in [1.807, 2.05) is 11.9 Å². The Kier molecular flexibility index (Phi) is 6.94. The van der Waals surface area contributed by atoms with Crippen molar-refractivity contribution in [2.75, 3.05) is 20.1 Å². The molecule has 2 fully saturated rings. The van der Waals surface area contributed by atoms with Crippen LogP contribution in [0.5, 0.6) is 0 Å². The number of hydrogen-bond donors (Lipinski definition) is 0. The topological polar surface area (TPSA) is 49.9 Å². The SMILES string of the molecule is CC(=O)OC1CCN([C@@H]2CCCC[C@H]2N(C)C(C)=O)C1.Cl. The van der Waals surface area contributed by atoms with E-state index in [0.29, 0.717) is 12.1 Å². The van der Waals surface area contributed by atoms with Gasteiger partial charge in [0.15, 0.2) is 0 Å². The molecule has 3 atom stereocenters. The van der Waals surface area contributed by atoms with Gasteiger partial charge in [0.05, 0.1) is 0 Å². The van der Waals surface area contributed by atoms with Gasteiger partial charge < -0.3 is 9.64 Å². The quantitative estimate of drug-likeness (QED) is 0.745. The van der Waals surface area contributed by atoms with Crippen molar-refractivity contribution in [1.82, 2.24) is 9.80 Å². The molecule has 5 nitrogen and oxygen atoms in total. The second-order valence-electron chi connectivity index (χ2n) is 6.06. The van der Waals surface area contributed by atoms with Crippen molar-refractivity contribution in [3.63, 3.8) is 0 Å². The molecule has 1 saturated carbocycles. The molecule has 0 radical (unpaired) electrons. The molecular formula is C15H27ClN2O3. The Morgan fingerprint density at radius 1 is 1.14 bits per heavy atom. The third-order valence-corrected chi connectivity index (χ3v) is 4.67. The summed E-state index contributed by atoms with van der Waals surface area (Å²) in [5.41, 5.74) is 0. The molecule has 2 aliphatic rings. The Bertz CT molecular complexity index is 378. The van der Waals surface area contributed by atoms with E-state index in [4.69, 9.17) is 4.74 Å². The van der Waals surface area contributed by atoms with E-state index in [1.54, 1.807) is 6.92 Å². The number of amides is 1. The molecule has 6 heteroatoms. The van der Waals surface area contributed by atoms with Crippen LogP contribution in [0.2, 0.25) is 0 Å². The van der Waals surface area contributed by atoms with Gasteiger partial charge in [0, 0.05) is 46.1 Å². The van der Waals surface area contributed by atoms with Gasteiger partial charge in [0.1, 0.15) is 6.10 Å². The van der Waals surface area contributed by atoms with E-state index in [0.717, 1.165) is 32.4 Å². The van der Waals surface area contributed by atoms with E-state index in [2.05, 4.69) is 4.90 Å². The molecule has 1 amide bonds. The predicted octanol–water partition coefficient (Wildman–Crippen LogP) is 1.84. The molecule has 122 valence electrons. The average molecular weight is 319 g/mol. The van der Waals surface area contributed by atoms with Gasteiger partial charge >= 0.3 is 5.97 Å². The second kappa shape index (κ2) is 7.99. The van der Waals surface area contributed by atoms with Crippen LogP contribution in [0, 0.1) is 0 Å². The number of halogens is 1. The Hall–Kier alpha value is -0.810. The Labute approximate surface area is 133 Å². The first-order valence-electron chi connectivity index (χ1n) is 7.63. The molecule has 2 rings (SSSR count). The first kappa shape index (κ1) is 18.2. The fourth-order valence-electron chi connectivity index (χ4n) is 3.59. The number of rotatable bonds is 3. The minimum atomic E-state index is -0.196. The maximum absolute atomic E-state index is 11.7. The van der Waals surface area contributed by atoms with Crippen molar-refractivity contribution >= 4 is 24.3 Å². The summed E-state index contributed by atoms with van der Waals surface area (Å²) in [6, 6.07) is 0.718. The van der Waals surface area contributed by atoms with Gasteiger partial charge in [-0.05, 0) is 19.3 Å². The van der Waals surface area contributed by atoms with Crippen LogP contribution in [0.15, 0.2) is 0 Å². The Morgan fingerprint density at radius 3 is 2.43 bits per heavy atom. The van der Waals surface area contributed by atoms with Gasteiger partial charge in [0.2, 0.25) is 5.91 Å². The molecule has 1 unspecified atom stereocenters. The lowest BCUT2D eigenvalue weighted by Gasteiger charge is -2.42. The van der Waals surface area contributed by atoms with Crippen molar-refractivity contribution in [3.8, 4) is 0 Å². The molecule has 0 aromatic heterocycles. The number of hydrogen-bond acceptors (Lipinski definition) is 4. The molecular weight excluding hydrogens is 292 g/mol. The fraction of sp³-hybridized carbons (Fsp3) is 0.867. The van der Waals surface area contributed by atoms with Gasteiger partial charge in [0.25, 0.3) is 0 Å². The standard InChI is InChI=1S/C15H26N2O3.ClH/c1-11(18)16(3)14-6-4-5-7-15(14)17-9-8-13(10-17)20-12(2)19;/h13-15H,4-10H2,1-3H3;1H/t13?,14-,15-;/m1./s1. The molecule has 0 aromatic carbocycles. The highest BCUT2D eigenvalue weighted by molar-refractivity contribution is 5.85. The number of esters is 1. The number of carbonyl (C=O) groups is 2. The van der Waals surface area contributed by atoms with Crippen LogP contribution < -0.4 is 0 Å². The van der Waals surface area contributed by atoms with Crippen LogP contribution in [-0.2, 0) is 14.3 Å². The monoisotopic (exact) mass is 318 g/mol. The lowest BCUT2D eigenvalue weighted by molar-refractivity contribution is -0.145. The van der Waals surface area contributed by atoms with Crippen LogP contribution in [0.1, 0.15) is 46.0 Å². The van der Waals surface area contributed by atoms with E-state index >= 15 is 0 Å². The minimum absolute atomic E-state index is 0. The van der Waals surface area contributed by atoms with Crippen molar-refractivity contribution in [3.05, 3.63) is 0 Å². The molecule has 1 aliphatic heterocycles. The van der Waals surface area contributed by atoms with Crippen LogP contribution in [0.3, 0.4) is 0 Å². The van der Waals surface area contributed by atoms with Crippen molar-refractivity contribution in [2.45, 2.75) is 64.1 Å². The summed E-state index contributed by atoms with van der Waals surface area (Å²) in [5, 5.41) is 0. The summed E-state index contributed by atoms with van der Waals surface area (Å²) in [5.74, 6) is -0.0597. The Morgan fingerprint density at radius 2 is 1.81 bits per heavy atom. The highest BCUT2D eigenvalue weighted by Gasteiger charge is 2.37. The maximum atomic E-state index is 11.7. The Balaban J connectivity index is 0.00000220. The van der Waals surface area contributed by atoms with Gasteiger partial charge in [-0.1, -0.05) is 12.8 Å². The molecule has 0 bridgehead atoms. The number of likely N-dealkylation sites (N-methyl/N-ethyl adjacent to an activating group) is 1. The summed E-state index contributed by atoms with van der Waals surface area (Å²) < 4.78 is 5.31. The second-order valence-corrected chi connectivity index (χ2v) is 6.06. The summed E-state index contributed by atoms with van der Waals surface area (Å²) >= 11 is 0. The van der Waals surface area contributed by atoms with Crippen LogP contribution in [-0.4, -0.2) is 60.0 Å². The number of carbonyl (C=O) groups excluding carboxylic acids is 2. The molecule has 0 N–H and O–H groups in total. The molecule has 1 heterocycles. The van der Waals surface area contributed by atoms with Crippen molar-refractivity contribution in [2.24, 2.45) is 0 Å². The van der Waals surface area contributed by atoms with Crippen LogP contribution >= 0.6 is 12.4 Å². The highest BCUT2D eigenvalue weighted by Crippen LogP contribution is 2.29. The fourth-order valence-corrected chi connectivity index (χ4v) is 3.59. The smallest absolute Gasteiger partial charge is 0.302 e. The van der Waals surface area contributed by atoms with Gasteiger partial charge in [-0.25, -0.2) is 0 Å². The van der Waals surface area contributed by atoms with Crippen molar-refractivity contribution in [1.29, 1.82) is 0 Å². The van der Waals surface area contributed by atoms with E-state index in [-0.39, 0.29) is 30.4 Å². The zero-order chi connectivity index (χ0) is 14.7. The summed E-state index contributed by atoms with van der Waals surface area (Å²) in [7, 11) is 1.91. The highest BCUT2D eigenvalue weighted by atomic mass is 35.5. The van der Waals surface area contributed by atoms with E-state index in [1.165, 1.54) is 19.8 Å². The third-order valence-electron chi connectivity index (χ3n) is 4.67. The maximum Gasteiger partial charge on any atom is 0.302 e. The van der Waals surface area contributed by atoms with Gasteiger partial charge in [-0.2, -0.15) is 0 Å². The largest absolute Gasteiger partial charge is 0.461 e. The molecule has 0 spiro atoms. The number of ether oxygens (including phenoxy) is 1. The molecule has 21 heavy (non-hydrogen) atoms. The predicted molar refractivity (Wildman–Crippen MR) is 83.5 cm³/mol. The average Bonchev–Trinajstić information content (AvgIpc) is 2.85. The van der Waals surface area contributed by atoms with Crippen molar-refractivity contribution < 1.29 is 14.3 Å². The number of nitrogens with zero attached hydrogens (tertiary/aromatic N) is 2. The van der Waals surface area contributed by atoms with Gasteiger partial charge in [-0.3, -0.25) is 14.5 Å². The molecule has 1 saturated heterocycles. The normalized spacial score (nSPS) is 29.6. The zero-order valence-corrected chi connectivity index (χ0v) is 14.0. The van der Waals surface area contributed by atoms with Crippen LogP contribution in [0.4, 0.5) is 0 Å². The summed E-state index contributed by atoms with van der Waals surface area (Å²) in [6.45, 7) is 4.88. The lowest BCUT2D eigenvalue weighted by atomic mass is 9.88. The first-order chi connectivity index (χ1) is 9.49. The van der Waals surface area contributed by atoms with Crippen LogP contribution in [0.25, 0.3) is 0 Å². The molecule has 1 aliphatic carbocycles. The molecule has 0 aromatic rings. The zero-order valence-electron chi connectivity index (χ0n) is 13.2. The minimum Gasteiger partial charge on any atom is -0.461 e. The summed E-state index contributed by atoms with van der Waals surface area (Å²) in [6.07, 6.45) is 5.57. The first-order valence-corrected chi connectivity index (χ1v) is 7.63. The van der Waals surface area contributed by atoms with E-state index < -0.39 is 0 Å². The lowest BCUT2D eigenvalue weighted by Crippen LogP contribution is -2.53.